The van der Waals surface area contributed by atoms with Gasteiger partial charge in [-0.05, 0) is 25.1 Å². The van der Waals surface area contributed by atoms with Crippen LogP contribution in [-0.2, 0) is 4.74 Å². The summed E-state index contributed by atoms with van der Waals surface area (Å²) < 4.78 is 68.2. The van der Waals surface area contributed by atoms with Gasteiger partial charge in [0.25, 0.3) is 0 Å². The summed E-state index contributed by atoms with van der Waals surface area (Å²) in [6.07, 6.45) is 0.831. The van der Waals surface area contributed by atoms with Crippen molar-refractivity contribution < 1.29 is 29.0 Å². The van der Waals surface area contributed by atoms with E-state index in [2.05, 4.69) is 9.72 Å². The summed E-state index contributed by atoms with van der Waals surface area (Å²) >= 11 is 0. The Kier molecular flexibility index (Phi) is 3.12. The summed E-state index contributed by atoms with van der Waals surface area (Å²) in [4.78, 5) is 23.6. The van der Waals surface area contributed by atoms with Crippen LogP contribution in [-0.4, -0.2) is 17.6 Å². The van der Waals surface area contributed by atoms with E-state index < -0.39 is 37.6 Å². The van der Waals surface area contributed by atoms with Gasteiger partial charge in [-0.2, -0.15) is 0 Å². The van der Waals surface area contributed by atoms with E-state index in [9.17, 15) is 29.0 Å². The summed E-state index contributed by atoms with van der Waals surface area (Å²) in [6, 6.07) is 0.866. The number of rotatable bonds is 3. The largest absolute Gasteiger partial charge is 0.462 e. The highest BCUT2D eigenvalue weighted by Gasteiger charge is 2.65. The molecule has 1 N–H and O–H groups in total. The monoisotopic (exact) mass is 343 g/mol. The molecular formula is C12H10F5NO3S. The Morgan fingerprint density at radius 1 is 1.23 bits per heavy atom. The molecule has 0 saturated carbocycles. The van der Waals surface area contributed by atoms with Crippen LogP contribution in [0.2, 0.25) is 0 Å². The van der Waals surface area contributed by atoms with Crippen molar-refractivity contribution in [2.75, 3.05) is 6.61 Å². The van der Waals surface area contributed by atoms with Crippen LogP contribution in [0.25, 0.3) is 10.9 Å². The number of hydrogen-bond acceptors (Lipinski definition) is 3. The van der Waals surface area contributed by atoms with Crippen molar-refractivity contribution in [3.05, 3.63) is 40.2 Å². The molecule has 0 aliphatic carbocycles. The first-order chi connectivity index (χ1) is 9.83. The number of fused-ring (bicyclic) bond motifs is 1. The summed E-state index contributed by atoms with van der Waals surface area (Å²) in [5, 5.41) is -0.323. The molecule has 0 saturated heterocycles. The van der Waals surface area contributed by atoms with Crippen molar-refractivity contribution >= 4 is 27.1 Å². The fourth-order valence-electron chi connectivity index (χ4n) is 1.80. The molecule has 0 fully saturated rings. The number of esters is 1. The fraction of sp³-hybridized carbons (Fsp3) is 0.167. The molecule has 0 bridgehead atoms. The van der Waals surface area contributed by atoms with Gasteiger partial charge in [-0.15, -0.1) is 0 Å². The number of hydrogen-bond donors (Lipinski definition) is 1. The molecule has 10 heteroatoms. The van der Waals surface area contributed by atoms with Crippen molar-refractivity contribution in [2.24, 2.45) is 0 Å². The standard InChI is InChI=1S/C12H10F5NO3S/c1-2-21-12(20)9-6-18-10-5-7(22(13,14,15,16)17)3-4-8(10)11(9)19/h3-6H,2H2,1H3,(H,18,19). The maximum atomic E-state index is 12.7. The van der Waals surface area contributed by atoms with E-state index in [0.29, 0.717) is 6.07 Å². The molecule has 122 valence electrons. The van der Waals surface area contributed by atoms with Crippen molar-refractivity contribution in [3.8, 4) is 0 Å². The number of ether oxygens (including phenoxy) is 1. The van der Waals surface area contributed by atoms with Crippen molar-refractivity contribution in [3.63, 3.8) is 0 Å². The Bertz CT molecular complexity index is 829. The molecule has 1 heterocycles. The lowest BCUT2D eigenvalue weighted by molar-refractivity contribution is 0.0524. The van der Waals surface area contributed by atoms with E-state index >= 15 is 0 Å². The van der Waals surface area contributed by atoms with Crippen molar-refractivity contribution in [1.29, 1.82) is 0 Å². The molecular weight excluding hydrogens is 333 g/mol. The second-order valence-electron chi connectivity index (χ2n) is 4.43. The third-order valence-electron chi connectivity index (χ3n) is 2.79. The molecule has 1 aromatic heterocycles. The van der Waals surface area contributed by atoms with E-state index in [1.807, 2.05) is 0 Å². The summed E-state index contributed by atoms with van der Waals surface area (Å²) in [5.74, 6) is -0.956. The zero-order chi connectivity index (χ0) is 16.8. The Hall–Kier alpha value is -2.10. The Morgan fingerprint density at radius 2 is 1.86 bits per heavy atom. The lowest BCUT2D eigenvalue weighted by Crippen LogP contribution is -2.18. The van der Waals surface area contributed by atoms with E-state index in [-0.39, 0.29) is 24.1 Å². The van der Waals surface area contributed by atoms with Gasteiger partial charge in [0.05, 0.1) is 12.1 Å². The zero-order valence-electron chi connectivity index (χ0n) is 11.0. The molecule has 0 atom stereocenters. The van der Waals surface area contributed by atoms with Crippen LogP contribution < -0.4 is 5.43 Å². The van der Waals surface area contributed by atoms with Gasteiger partial charge in [0.1, 0.15) is 10.5 Å². The summed E-state index contributed by atoms with van der Waals surface area (Å²) in [5.41, 5.74) is -1.78. The number of aromatic nitrogens is 1. The van der Waals surface area contributed by atoms with Crippen LogP contribution in [0.15, 0.2) is 34.1 Å². The first-order valence-corrected chi connectivity index (χ1v) is 7.85. The first kappa shape index (κ1) is 16.3. The average Bonchev–Trinajstić information content (AvgIpc) is 2.36. The van der Waals surface area contributed by atoms with Crippen LogP contribution in [0.3, 0.4) is 0 Å². The maximum absolute atomic E-state index is 12.7. The lowest BCUT2D eigenvalue weighted by Gasteiger charge is -2.40. The Balaban J connectivity index is 2.67. The van der Waals surface area contributed by atoms with Crippen LogP contribution in [0.5, 0.6) is 0 Å². The van der Waals surface area contributed by atoms with Gasteiger partial charge >= 0.3 is 16.2 Å². The number of pyridine rings is 1. The van der Waals surface area contributed by atoms with E-state index in [0.717, 1.165) is 6.20 Å². The molecule has 0 aliphatic rings. The average molecular weight is 343 g/mol. The lowest BCUT2D eigenvalue weighted by atomic mass is 10.1. The second-order valence-corrected chi connectivity index (χ2v) is 6.84. The molecule has 0 unspecified atom stereocenters. The van der Waals surface area contributed by atoms with Crippen LogP contribution in [0.1, 0.15) is 17.3 Å². The number of carbonyl (C=O) groups is 1. The van der Waals surface area contributed by atoms with Crippen LogP contribution >= 0.6 is 10.2 Å². The smallest absolute Gasteiger partial charge is 0.343 e. The minimum absolute atomic E-state index is 0.000531. The Labute approximate surface area is 120 Å². The molecule has 4 nitrogen and oxygen atoms in total. The topological polar surface area (TPSA) is 59.2 Å². The van der Waals surface area contributed by atoms with Gasteiger partial charge in [-0.25, -0.2) is 4.79 Å². The zero-order valence-corrected chi connectivity index (χ0v) is 11.9. The molecule has 2 rings (SSSR count). The summed E-state index contributed by atoms with van der Waals surface area (Å²) in [7, 11) is -9.84. The third-order valence-corrected chi connectivity index (χ3v) is 3.94. The highest BCUT2D eigenvalue weighted by atomic mass is 32.5. The maximum Gasteiger partial charge on any atom is 0.343 e. The van der Waals surface area contributed by atoms with Crippen molar-refractivity contribution in [1.82, 2.24) is 4.98 Å². The number of benzene rings is 1. The fourth-order valence-corrected chi connectivity index (χ4v) is 2.47. The third kappa shape index (κ3) is 3.06. The predicted molar refractivity (Wildman–Crippen MR) is 71.9 cm³/mol. The molecule has 0 amide bonds. The molecule has 0 aliphatic heterocycles. The highest BCUT2D eigenvalue weighted by molar-refractivity contribution is 8.45. The van der Waals surface area contributed by atoms with Gasteiger partial charge < -0.3 is 9.72 Å². The molecule has 0 spiro atoms. The molecule has 0 radical (unpaired) electrons. The molecule has 22 heavy (non-hydrogen) atoms. The second kappa shape index (κ2) is 4.22. The van der Waals surface area contributed by atoms with E-state index in [4.69, 9.17) is 0 Å². The molecule has 2 aromatic rings. The van der Waals surface area contributed by atoms with Gasteiger partial charge in [-0.3, -0.25) is 4.79 Å². The van der Waals surface area contributed by atoms with Gasteiger partial charge in [0.2, 0.25) is 5.43 Å². The number of aromatic amines is 1. The number of halogens is 5. The van der Waals surface area contributed by atoms with E-state index in [1.54, 1.807) is 0 Å². The van der Waals surface area contributed by atoms with E-state index in [1.165, 1.54) is 6.92 Å². The minimum Gasteiger partial charge on any atom is -0.462 e. The molecule has 1 aromatic carbocycles. The number of H-pyrrole nitrogens is 1. The predicted octanol–water partition coefficient (Wildman–Crippen LogP) is 4.36. The van der Waals surface area contributed by atoms with Gasteiger partial charge in [0, 0.05) is 11.6 Å². The SMILES string of the molecule is CCOC(=O)c1c[nH]c2cc(S(F)(F)(F)(F)F)ccc2c1=O. The minimum atomic E-state index is -9.84. The number of carbonyl (C=O) groups excluding carboxylic acids is 1. The summed E-state index contributed by atoms with van der Waals surface area (Å²) in [6.45, 7) is 1.51. The quantitative estimate of drug-likeness (QED) is 0.665. The normalized spacial score (nSPS) is 15.2. The van der Waals surface area contributed by atoms with Gasteiger partial charge in [0.15, 0.2) is 0 Å². The highest BCUT2D eigenvalue weighted by Crippen LogP contribution is 3.02. The number of nitrogens with one attached hydrogen (secondary N) is 1. The van der Waals surface area contributed by atoms with Crippen molar-refractivity contribution in [2.45, 2.75) is 11.8 Å². The first-order valence-electron chi connectivity index (χ1n) is 5.90. The Morgan fingerprint density at radius 3 is 2.41 bits per heavy atom. The van der Waals surface area contributed by atoms with Crippen LogP contribution in [0.4, 0.5) is 19.4 Å². The van der Waals surface area contributed by atoms with Gasteiger partial charge in [-0.1, -0.05) is 19.4 Å². The van der Waals surface area contributed by atoms with Crippen LogP contribution in [0, 0.1) is 0 Å².